The molecule has 108 valence electrons. The monoisotopic (exact) mass is 321 g/mol. The van der Waals surface area contributed by atoms with E-state index in [9.17, 15) is 13.2 Å². The van der Waals surface area contributed by atoms with Gasteiger partial charge < -0.3 is 4.74 Å². The smallest absolute Gasteiger partial charge is 0.205 e. The Balaban J connectivity index is 2.46. The van der Waals surface area contributed by atoms with E-state index in [-0.39, 0.29) is 16.0 Å². The molecule has 0 spiro atoms. The zero-order chi connectivity index (χ0) is 15.2. The highest BCUT2D eigenvalue weighted by Crippen LogP contribution is 2.34. The van der Waals surface area contributed by atoms with Crippen LogP contribution < -0.4 is 10.2 Å². The normalized spacial score (nSPS) is 11.9. The molecule has 21 heavy (non-hydrogen) atoms. The lowest BCUT2D eigenvalue weighted by atomic mass is 10.2. The Bertz CT molecular complexity index is 976. The number of hydrogen-bond donors (Lipinski definition) is 0. The Hall–Kier alpha value is -1.99. The van der Waals surface area contributed by atoms with Crippen LogP contribution >= 0.6 is 11.3 Å². The molecule has 0 radical (unpaired) electrons. The number of rotatable bonds is 2. The number of fused-ring (bicyclic) bond motifs is 2. The summed E-state index contributed by atoms with van der Waals surface area (Å²) in [7, 11) is -1.87. The van der Waals surface area contributed by atoms with Crippen molar-refractivity contribution in [2.24, 2.45) is 0 Å². The molecule has 5 nitrogen and oxygen atoms in total. The van der Waals surface area contributed by atoms with Crippen molar-refractivity contribution in [2.75, 3.05) is 13.4 Å². The van der Waals surface area contributed by atoms with Gasteiger partial charge in [0, 0.05) is 12.3 Å². The molecule has 0 amide bonds. The minimum Gasteiger partial charge on any atom is -0.497 e. The van der Waals surface area contributed by atoms with Crippen LogP contribution in [0.15, 0.2) is 40.0 Å². The molecule has 0 fully saturated rings. The van der Waals surface area contributed by atoms with Gasteiger partial charge in [-0.15, -0.1) is 11.3 Å². The van der Waals surface area contributed by atoms with Crippen LogP contribution in [0.3, 0.4) is 0 Å². The van der Waals surface area contributed by atoms with Gasteiger partial charge in [-0.3, -0.25) is 4.79 Å². The standard InChI is InChI=1S/C14H11NO4S2/c1-19-8-3-5-11-9(7-8)15-13-10(16)4-6-12(14(13)20-11)21(2,17)18/h3-7H,1-2H3. The number of sulfone groups is 1. The fraction of sp³-hybridized carbons (Fsp3) is 0.143. The zero-order valence-electron chi connectivity index (χ0n) is 11.3. The lowest BCUT2D eigenvalue weighted by molar-refractivity contribution is 0.415. The molecular weight excluding hydrogens is 310 g/mol. The third-order valence-corrected chi connectivity index (χ3v) is 5.52. The molecular formula is C14H11NO4S2. The van der Waals surface area contributed by atoms with E-state index in [2.05, 4.69) is 4.98 Å². The van der Waals surface area contributed by atoms with Crippen LogP contribution in [0.4, 0.5) is 0 Å². The molecule has 1 aromatic carbocycles. The van der Waals surface area contributed by atoms with Crippen LogP contribution in [0.5, 0.6) is 5.75 Å². The van der Waals surface area contributed by atoms with Crippen molar-refractivity contribution in [3.05, 3.63) is 40.6 Å². The quantitative estimate of drug-likeness (QED) is 0.676. The summed E-state index contributed by atoms with van der Waals surface area (Å²) in [5, 5.41) is 0. The highest BCUT2D eigenvalue weighted by atomic mass is 32.2. The molecule has 2 aliphatic rings. The van der Waals surface area contributed by atoms with Crippen molar-refractivity contribution < 1.29 is 13.2 Å². The Labute approximate surface area is 125 Å². The number of benzene rings is 2. The second-order valence-electron chi connectivity index (χ2n) is 4.56. The highest BCUT2D eigenvalue weighted by molar-refractivity contribution is 7.91. The molecule has 3 rings (SSSR count). The first-order valence-electron chi connectivity index (χ1n) is 6.02. The minimum absolute atomic E-state index is 0.132. The average molecular weight is 321 g/mol. The minimum atomic E-state index is -3.42. The molecule has 7 heteroatoms. The van der Waals surface area contributed by atoms with Crippen LogP contribution in [-0.4, -0.2) is 26.8 Å². The highest BCUT2D eigenvalue weighted by Gasteiger charge is 2.21. The van der Waals surface area contributed by atoms with Crippen molar-refractivity contribution in [1.82, 2.24) is 4.98 Å². The summed E-state index contributed by atoms with van der Waals surface area (Å²) in [6, 6.07) is 7.87. The van der Waals surface area contributed by atoms with Gasteiger partial charge in [0.15, 0.2) is 9.84 Å². The van der Waals surface area contributed by atoms with Gasteiger partial charge in [-0.2, -0.15) is 0 Å². The SMILES string of the molecule is COc1ccc2sc3c(S(C)(=O)=O)ccc(=O)c-3nc2c1. The lowest BCUT2D eigenvalue weighted by Gasteiger charge is -2.10. The molecule has 0 N–H and O–H groups in total. The van der Waals surface area contributed by atoms with E-state index >= 15 is 0 Å². The fourth-order valence-electron chi connectivity index (χ4n) is 2.06. The number of ether oxygens (including phenoxy) is 1. The number of methoxy groups -OCH3 is 1. The summed E-state index contributed by atoms with van der Waals surface area (Å²) in [6.07, 6.45) is 1.12. The molecule has 0 unspecified atom stereocenters. The van der Waals surface area contributed by atoms with Crippen molar-refractivity contribution in [1.29, 1.82) is 0 Å². The summed E-state index contributed by atoms with van der Waals surface area (Å²) >= 11 is 1.24. The van der Waals surface area contributed by atoms with Gasteiger partial charge in [-0.1, -0.05) is 0 Å². The predicted octanol–water partition coefficient (Wildman–Crippen LogP) is 2.17. The topological polar surface area (TPSA) is 73.3 Å². The van der Waals surface area contributed by atoms with E-state index in [0.717, 1.165) is 11.0 Å². The Morgan fingerprint density at radius 2 is 1.95 bits per heavy atom. The van der Waals surface area contributed by atoms with E-state index in [4.69, 9.17) is 4.74 Å². The molecule has 1 aliphatic heterocycles. The molecule has 0 bridgehead atoms. The number of nitrogens with zero attached hydrogens (tertiary/aromatic N) is 1. The van der Waals surface area contributed by atoms with E-state index < -0.39 is 9.84 Å². The van der Waals surface area contributed by atoms with Gasteiger partial charge in [0.25, 0.3) is 0 Å². The average Bonchev–Trinajstić information content (AvgIpc) is 2.44. The summed E-state index contributed by atoms with van der Waals surface area (Å²) in [4.78, 5) is 16.8. The van der Waals surface area contributed by atoms with Gasteiger partial charge in [0.1, 0.15) is 11.4 Å². The summed E-state index contributed by atoms with van der Waals surface area (Å²) in [5.41, 5.74) is 0.483. The second kappa shape index (κ2) is 4.78. The molecule has 1 heterocycles. The van der Waals surface area contributed by atoms with E-state index in [0.29, 0.717) is 16.1 Å². The van der Waals surface area contributed by atoms with Crippen molar-refractivity contribution in [3.8, 4) is 16.3 Å². The second-order valence-corrected chi connectivity index (χ2v) is 7.60. The first kappa shape index (κ1) is 14.0. The zero-order valence-corrected chi connectivity index (χ0v) is 12.9. The van der Waals surface area contributed by atoms with Gasteiger partial charge >= 0.3 is 0 Å². The van der Waals surface area contributed by atoms with Gasteiger partial charge in [0.2, 0.25) is 5.43 Å². The summed E-state index contributed by atoms with van der Waals surface area (Å²) in [5.74, 6) is 0.633. The van der Waals surface area contributed by atoms with Crippen LogP contribution in [0.1, 0.15) is 0 Å². The van der Waals surface area contributed by atoms with Gasteiger partial charge in [0.05, 0.1) is 27.1 Å². The van der Waals surface area contributed by atoms with Crippen LogP contribution in [0.2, 0.25) is 0 Å². The number of hydrogen-bond acceptors (Lipinski definition) is 6. The molecule has 1 aliphatic carbocycles. The third-order valence-electron chi connectivity index (χ3n) is 3.07. The van der Waals surface area contributed by atoms with E-state index in [1.165, 1.54) is 23.5 Å². The van der Waals surface area contributed by atoms with Gasteiger partial charge in [-0.05, 0) is 24.3 Å². The van der Waals surface area contributed by atoms with Gasteiger partial charge in [-0.25, -0.2) is 13.4 Å². The Morgan fingerprint density at radius 1 is 1.19 bits per heavy atom. The van der Waals surface area contributed by atoms with Crippen LogP contribution in [0.25, 0.3) is 20.8 Å². The first-order chi connectivity index (χ1) is 9.90. The fourth-order valence-corrected chi connectivity index (χ4v) is 4.36. The summed E-state index contributed by atoms with van der Waals surface area (Å²) < 4.78 is 29.6. The number of aromatic nitrogens is 1. The maximum Gasteiger partial charge on any atom is 0.205 e. The van der Waals surface area contributed by atoms with Crippen LogP contribution in [0, 0.1) is 0 Å². The van der Waals surface area contributed by atoms with Crippen molar-refractivity contribution >= 4 is 31.4 Å². The van der Waals surface area contributed by atoms with Crippen molar-refractivity contribution in [3.63, 3.8) is 0 Å². The van der Waals surface area contributed by atoms with Crippen molar-refractivity contribution in [2.45, 2.75) is 4.90 Å². The van der Waals surface area contributed by atoms with Crippen LogP contribution in [-0.2, 0) is 9.84 Å². The summed E-state index contributed by atoms with van der Waals surface area (Å²) in [6.45, 7) is 0. The Kier molecular flexibility index (Phi) is 3.18. The predicted molar refractivity (Wildman–Crippen MR) is 82.2 cm³/mol. The lowest BCUT2D eigenvalue weighted by Crippen LogP contribution is -2.10. The molecule has 0 saturated carbocycles. The van der Waals surface area contributed by atoms with E-state index in [1.54, 1.807) is 25.3 Å². The molecule has 0 aromatic heterocycles. The maximum absolute atomic E-state index is 12.0. The molecule has 1 aromatic rings. The van der Waals surface area contributed by atoms with E-state index in [1.807, 2.05) is 0 Å². The molecule has 0 saturated heterocycles. The largest absolute Gasteiger partial charge is 0.497 e. The third kappa shape index (κ3) is 2.38. The molecule has 0 atom stereocenters. The first-order valence-corrected chi connectivity index (χ1v) is 8.72. The Morgan fingerprint density at radius 3 is 2.62 bits per heavy atom. The maximum atomic E-state index is 12.0.